The molecule has 4 heterocycles. The maximum Gasteiger partial charge on any atom is 0.164 e. The number of benzene rings is 8. The number of para-hydroxylation sites is 3. The number of hydrogen-bond acceptors (Lipinski definition) is 5. The summed E-state index contributed by atoms with van der Waals surface area (Å²) in [4.78, 5) is 14.8. The molecule has 0 unspecified atom stereocenters. The highest BCUT2D eigenvalue weighted by Gasteiger charge is 2.23. The summed E-state index contributed by atoms with van der Waals surface area (Å²) >= 11 is 0. The van der Waals surface area contributed by atoms with E-state index in [1.54, 1.807) is 0 Å². The van der Waals surface area contributed by atoms with Crippen LogP contribution in [0.3, 0.4) is 0 Å². The molecular formula is C52H30N6O. The standard InChI is InChI=1S/C52H30N6O/c53-31-35-28-34(52-55-50(32-14-4-1-5-15-32)54-51(56-52)33-16-6-2-7-17-33)24-26-42(35)58-44-23-13-10-20-37(44)39-25-27-46-48(49(39)58)41-29-45-40(30-47(41)59-46)38-21-11-12-22-43(38)57(45)36-18-8-3-9-19-36/h1-30H. The zero-order chi connectivity index (χ0) is 39.0. The Hall–Kier alpha value is -8.34. The zero-order valence-corrected chi connectivity index (χ0v) is 31.4. The van der Waals surface area contributed by atoms with Crippen LogP contribution in [0, 0.1) is 11.3 Å². The first-order valence-corrected chi connectivity index (χ1v) is 19.5. The number of fused-ring (bicyclic) bond motifs is 10. The first kappa shape index (κ1) is 32.9. The molecule has 0 aliphatic carbocycles. The van der Waals surface area contributed by atoms with E-state index in [0.29, 0.717) is 23.0 Å². The van der Waals surface area contributed by atoms with Crippen LogP contribution >= 0.6 is 0 Å². The lowest BCUT2D eigenvalue weighted by Gasteiger charge is -2.13. The van der Waals surface area contributed by atoms with Gasteiger partial charge in [-0.25, -0.2) is 15.0 Å². The van der Waals surface area contributed by atoms with Gasteiger partial charge in [-0.2, -0.15) is 5.26 Å². The molecule has 0 amide bonds. The molecule has 7 heteroatoms. The fourth-order valence-electron chi connectivity index (χ4n) is 8.78. The molecule has 274 valence electrons. The Balaban J connectivity index is 1.12. The second-order valence-corrected chi connectivity index (χ2v) is 14.7. The molecule has 0 aliphatic heterocycles. The summed E-state index contributed by atoms with van der Waals surface area (Å²) < 4.78 is 11.3. The van der Waals surface area contributed by atoms with Crippen LogP contribution in [0.2, 0.25) is 0 Å². The van der Waals surface area contributed by atoms with Crippen LogP contribution in [0.5, 0.6) is 0 Å². The Kier molecular flexibility index (Phi) is 7.16. The van der Waals surface area contributed by atoms with Gasteiger partial charge in [0.15, 0.2) is 17.5 Å². The van der Waals surface area contributed by atoms with E-state index >= 15 is 0 Å². The summed E-state index contributed by atoms with van der Waals surface area (Å²) in [5.41, 5.74) is 10.6. The van der Waals surface area contributed by atoms with Gasteiger partial charge in [0.2, 0.25) is 0 Å². The topological polar surface area (TPSA) is 85.5 Å². The predicted octanol–water partition coefficient (Wildman–Crippen LogP) is 12.8. The Morgan fingerprint density at radius 1 is 0.424 bits per heavy atom. The summed E-state index contributed by atoms with van der Waals surface area (Å²) in [5.74, 6) is 1.62. The van der Waals surface area contributed by atoms with Gasteiger partial charge in [-0.05, 0) is 66.7 Å². The van der Waals surface area contributed by atoms with E-state index in [4.69, 9.17) is 19.4 Å². The van der Waals surface area contributed by atoms with Crippen LogP contribution in [0.4, 0.5) is 0 Å². The molecule has 0 aliphatic rings. The third kappa shape index (κ3) is 5.04. The Labute approximate surface area is 337 Å². The van der Waals surface area contributed by atoms with E-state index in [2.05, 4.69) is 106 Å². The van der Waals surface area contributed by atoms with Crippen molar-refractivity contribution >= 4 is 65.6 Å². The quantitative estimate of drug-likeness (QED) is 0.175. The molecule has 0 bridgehead atoms. The van der Waals surface area contributed by atoms with Crippen LogP contribution in [-0.2, 0) is 0 Å². The van der Waals surface area contributed by atoms with Gasteiger partial charge in [-0.15, -0.1) is 0 Å². The number of hydrogen-bond donors (Lipinski definition) is 0. The molecule has 0 saturated heterocycles. The molecule has 4 aromatic heterocycles. The average molecular weight is 755 g/mol. The fourth-order valence-corrected chi connectivity index (χ4v) is 8.78. The van der Waals surface area contributed by atoms with Crippen molar-refractivity contribution in [2.45, 2.75) is 0 Å². The van der Waals surface area contributed by atoms with Crippen LogP contribution < -0.4 is 0 Å². The molecule has 7 nitrogen and oxygen atoms in total. The Morgan fingerprint density at radius 2 is 1.00 bits per heavy atom. The van der Waals surface area contributed by atoms with E-state index in [1.165, 1.54) is 0 Å². The monoisotopic (exact) mass is 754 g/mol. The highest BCUT2D eigenvalue weighted by Crippen LogP contribution is 2.44. The van der Waals surface area contributed by atoms with E-state index in [1.807, 2.05) is 91.0 Å². The lowest BCUT2D eigenvalue weighted by atomic mass is 10.1. The van der Waals surface area contributed by atoms with Gasteiger partial charge in [0, 0.05) is 49.3 Å². The van der Waals surface area contributed by atoms with E-state index < -0.39 is 0 Å². The number of nitriles is 1. The molecule has 0 radical (unpaired) electrons. The lowest BCUT2D eigenvalue weighted by molar-refractivity contribution is 0.669. The Bertz CT molecular complexity index is 3610. The van der Waals surface area contributed by atoms with Crippen LogP contribution in [-0.4, -0.2) is 24.1 Å². The molecule has 0 saturated carbocycles. The van der Waals surface area contributed by atoms with Crippen LogP contribution in [0.25, 0.3) is 111 Å². The zero-order valence-electron chi connectivity index (χ0n) is 31.4. The van der Waals surface area contributed by atoms with Gasteiger partial charge >= 0.3 is 0 Å². The summed E-state index contributed by atoms with van der Waals surface area (Å²) in [5, 5.41) is 17.4. The van der Waals surface area contributed by atoms with Crippen molar-refractivity contribution < 1.29 is 4.42 Å². The van der Waals surface area contributed by atoms with Gasteiger partial charge in [0.1, 0.15) is 17.2 Å². The number of nitrogens with zero attached hydrogens (tertiary/aromatic N) is 6. The van der Waals surface area contributed by atoms with Crippen LogP contribution in [0.15, 0.2) is 186 Å². The summed E-state index contributed by atoms with van der Waals surface area (Å²) in [6.07, 6.45) is 0. The third-order valence-electron chi connectivity index (χ3n) is 11.4. The molecule has 0 atom stereocenters. The smallest absolute Gasteiger partial charge is 0.164 e. The maximum atomic E-state index is 10.9. The molecule has 0 spiro atoms. The predicted molar refractivity (Wildman–Crippen MR) is 237 cm³/mol. The molecule has 0 N–H and O–H groups in total. The molecule has 12 rings (SSSR count). The highest BCUT2D eigenvalue weighted by atomic mass is 16.3. The largest absolute Gasteiger partial charge is 0.456 e. The van der Waals surface area contributed by atoms with E-state index in [0.717, 1.165) is 93.6 Å². The summed E-state index contributed by atoms with van der Waals surface area (Å²) in [6, 6.07) is 64.3. The Morgan fingerprint density at radius 3 is 1.66 bits per heavy atom. The van der Waals surface area contributed by atoms with E-state index in [-0.39, 0.29) is 0 Å². The minimum atomic E-state index is 0.490. The third-order valence-corrected chi connectivity index (χ3v) is 11.4. The van der Waals surface area contributed by atoms with Crippen molar-refractivity contribution in [1.29, 1.82) is 5.26 Å². The maximum absolute atomic E-state index is 10.9. The number of rotatable bonds is 5. The van der Waals surface area contributed by atoms with Crippen molar-refractivity contribution in [3.8, 4) is 51.6 Å². The lowest BCUT2D eigenvalue weighted by Crippen LogP contribution is -2.02. The number of aromatic nitrogens is 5. The SMILES string of the molecule is N#Cc1cc(-c2nc(-c3ccccc3)nc(-c3ccccc3)n2)ccc1-n1c2ccccc2c2ccc3oc4cc5c6ccccc6n(-c6ccccc6)c5cc4c3c21. The van der Waals surface area contributed by atoms with Crippen molar-refractivity contribution in [3.63, 3.8) is 0 Å². The van der Waals surface area contributed by atoms with Crippen molar-refractivity contribution in [3.05, 3.63) is 188 Å². The van der Waals surface area contributed by atoms with Gasteiger partial charge < -0.3 is 13.6 Å². The molecule has 0 fully saturated rings. The second-order valence-electron chi connectivity index (χ2n) is 14.7. The highest BCUT2D eigenvalue weighted by molar-refractivity contribution is 6.26. The van der Waals surface area contributed by atoms with Gasteiger partial charge in [0.05, 0.1) is 38.7 Å². The summed E-state index contributed by atoms with van der Waals surface area (Å²) in [7, 11) is 0. The van der Waals surface area contributed by atoms with Crippen molar-refractivity contribution in [2.75, 3.05) is 0 Å². The van der Waals surface area contributed by atoms with Crippen LogP contribution in [0.1, 0.15) is 5.56 Å². The second kappa shape index (κ2) is 12.8. The molecule has 12 aromatic rings. The average Bonchev–Trinajstić information content (AvgIpc) is 3.95. The van der Waals surface area contributed by atoms with Crippen molar-refractivity contribution in [1.82, 2.24) is 24.1 Å². The number of furan rings is 1. The molecule has 59 heavy (non-hydrogen) atoms. The first-order valence-electron chi connectivity index (χ1n) is 19.5. The van der Waals surface area contributed by atoms with Crippen molar-refractivity contribution in [2.24, 2.45) is 0 Å². The van der Waals surface area contributed by atoms with E-state index in [9.17, 15) is 5.26 Å². The normalized spacial score (nSPS) is 11.7. The first-order chi connectivity index (χ1) is 29.2. The summed E-state index contributed by atoms with van der Waals surface area (Å²) in [6.45, 7) is 0. The minimum absolute atomic E-state index is 0.490. The fraction of sp³-hybridized carbons (Fsp3) is 0. The van der Waals surface area contributed by atoms with Gasteiger partial charge in [-0.1, -0.05) is 115 Å². The molecule has 8 aromatic carbocycles. The molecular weight excluding hydrogens is 725 g/mol. The van der Waals surface area contributed by atoms with Gasteiger partial charge in [-0.3, -0.25) is 0 Å². The minimum Gasteiger partial charge on any atom is -0.456 e. The van der Waals surface area contributed by atoms with Gasteiger partial charge in [0.25, 0.3) is 0 Å².